The number of rotatable bonds is 2. The van der Waals surface area contributed by atoms with Crippen molar-refractivity contribution in [3.63, 3.8) is 0 Å². The highest BCUT2D eigenvalue weighted by Gasteiger charge is 2.16. The van der Waals surface area contributed by atoms with E-state index < -0.39 is 0 Å². The Bertz CT molecular complexity index is 250. The molecule has 3 heteroatoms. The number of nitrogens with zero attached hydrogens (tertiary/aromatic N) is 1. The summed E-state index contributed by atoms with van der Waals surface area (Å²) >= 11 is 3.46. The Morgan fingerprint density at radius 3 is 2.15 bits per heavy atom. The largest absolute Gasteiger partial charge is 0.294 e. The van der Waals surface area contributed by atoms with E-state index in [2.05, 4.69) is 45.1 Å². The smallest absolute Gasteiger partial charge is 0.0240 e. The van der Waals surface area contributed by atoms with Crippen LogP contribution in [0.5, 0.6) is 0 Å². The van der Waals surface area contributed by atoms with Crippen LogP contribution >= 0.6 is 32.9 Å². The maximum Gasteiger partial charge on any atom is 0.0240 e. The molecular formula is C10H13Br2N. The van der Waals surface area contributed by atoms with E-state index in [9.17, 15) is 0 Å². The van der Waals surface area contributed by atoms with Crippen LogP contribution in [0.4, 0.5) is 0 Å². The van der Waals surface area contributed by atoms with E-state index in [0.29, 0.717) is 0 Å². The number of hydrogen-bond acceptors (Lipinski definition) is 1. The van der Waals surface area contributed by atoms with Crippen LogP contribution in [0.15, 0.2) is 24.3 Å². The van der Waals surface area contributed by atoms with E-state index >= 15 is 0 Å². The van der Waals surface area contributed by atoms with Crippen LogP contribution in [0.2, 0.25) is 0 Å². The van der Waals surface area contributed by atoms with Gasteiger partial charge in [0.25, 0.3) is 0 Å². The molecule has 0 radical (unpaired) electrons. The van der Waals surface area contributed by atoms with E-state index in [1.165, 1.54) is 11.1 Å². The van der Waals surface area contributed by atoms with Crippen LogP contribution in [0, 0.1) is 0 Å². The van der Waals surface area contributed by atoms with Crippen molar-refractivity contribution in [1.29, 1.82) is 0 Å². The van der Waals surface area contributed by atoms with Crippen molar-refractivity contribution in [2.45, 2.75) is 13.1 Å². The van der Waals surface area contributed by atoms with Gasteiger partial charge in [-0.15, -0.1) is 17.0 Å². The van der Waals surface area contributed by atoms with Gasteiger partial charge in [0, 0.05) is 25.0 Å². The second-order valence-electron chi connectivity index (χ2n) is 3.17. The second kappa shape index (κ2) is 5.13. The second-order valence-corrected chi connectivity index (χ2v) is 3.96. The highest BCUT2D eigenvalue weighted by atomic mass is 79.9. The number of benzene rings is 1. The Morgan fingerprint density at radius 2 is 1.69 bits per heavy atom. The van der Waals surface area contributed by atoms with Crippen LogP contribution in [0.25, 0.3) is 0 Å². The summed E-state index contributed by atoms with van der Waals surface area (Å²) in [7, 11) is 0. The Kier molecular flexibility index (Phi) is 4.42. The third-order valence-corrected chi connectivity index (χ3v) is 2.66. The normalized spacial score (nSPS) is 15.2. The summed E-state index contributed by atoms with van der Waals surface area (Å²) in [5, 5.41) is 1.07. The van der Waals surface area contributed by atoms with Crippen molar-refractivity contribution in [3.05, 3.63) is 35.4 Å². The van der Waals surface area contributed by atoms with Gasteiger partial charge in [-0.3, -0.25) is 4.90 Å². The molecule has 0 unspecified atom stereocenters. The van der Waals surface area contributed by atoms with Gasteiger partial charge in [0.15, 0.2) is 0 Å². The molecule has 0 N–H and O–H groups in total. The minimum atomic E-state index is 0. The Morgan fingerprint density at radius 1 is 1.15 bits per heavy atom. The molecule has 0 atom stereocenters. The molecule has 0 aromatic heterocycles. The first-order valence-corrected chi connectivity index (χ1v) is 5.37. The van der Waals surface area contributed by atoms with Gasteiger partial charge in [0.05, 0.1) is 0 Å². The van der Waals surface area contributed by atoms with Gasteiger partial charge in [0.1, 0.15) is 0 Å². The predicted molar refractivity (Wildman–Crippen MR) is 64.7 cm³/mol. The summed E-state index contributed by atoms with van der Waals surface area (Å²) in [5.74, 6) is 0. The third-order valence-electron chi connectivity index (χ3n) is 2.31. The molecule has 1 heterocycles. The van der Waals surface area contributed by atoms with Gasteiger partial charge in [-0.05, 0) is 11.1 Å². The lowest BCUT2D eigenvalue weighted by atomic mass is 10.1. The molecule has 1 aliphatic heterocycles. The average molecular weight is 307 g/mol. The molecule has 0 spiro atoms. The lowest BCUT2D eigenvalue weighted by Gasteiger charge is -2.11. The first-order chi connectivity index (χ1) is 5.90. The SMILES string of the molecule is Br.BrCCN1Cc2ccccc2C1. The monoisotopic (exact) mass is 305 g/mol. The van der Waals surface area contributed by atoms with E-state index in [4.69, 9.17) is 0 Å². The lowest BCUT2D eigenvalue weighted by Crippen LogP contribution is -2.18. The minimum Gasteiger partial charge on any atom is -0.294 e. The van der Waals surface area contributed by atoms with Gasteiger partial charge in [-0.25, -0.2) is 0 Å². The standard InChI is InChI=1S/C10H12BrN.BrH/c11-5-6-12-7-9-3-1-2-4-10(9)8-12;/h1-4H,5-8H2;1H. The van der Waals surface area contributed by atoms with Crippen molar-refractivity contribution in [3.8, 4) is 0 Å². The summed E-state index contributed by atoms with van der Waals surface area (Å²) in [4.78, 5) is 2.46. The van der Waals surface area contributed by atoms with Crippen molar-refractivity contribution in [2.24, 2.45) is 0 Å². The van der Waals surface area contributed by atoms with E-state index in [1.807, 2.05) is 0 Å². The molecule has 0 saturated heterocycles. The van der Waals surface area contributed by atoms with Crippen molar-refractivity contribution >= 4 is 32.9 Å². The maximum atomic E-state index is 3.46. The van der Waals surface area contributed by atoms with Crippen LogP contribution in [-0.2, 0) is 13.1 Å². The van der Waals surface area contributed by atoms with Crippen molar-refractivity contribution in [2.75, 3.05) is 11.9 Å². The van der Waals surface area contributed by atoms with Gasteiger partial charge in [-0.1, -0.05) is 40.2 Å². The Balaban J connectivity index is 0.000000845. The molecule has 0 aliphatic carbocycles. The Hall–Kier alpha value is 0.140. The number of halogens is 2. The quantitative estimate of drug-likeness (QED) is 0.759. The van der Waals surface area contributed by atoms with Crippen molar-refractivity contribution in [1.82, 2.24) is 4.90 Å². The fourth-order valence-corrected chi connectivity index (χ4v) is 2.18. The fourth-order valence-electron chi connectivity index (χ4n) is 1.68. The fraction of sp³-hybridized carbons (Fsp3) is 0.400. The molecule has 1 aliphatic rings. The van der Waals surface area contributed by atoms with Crippen LogP contribution in [0.3, 0.4) is 0 Å². The highest BCUT2D eigenvalue weighted by molar-refractivity contribution is 9.09. The zero-order valence-corrected chi connectivity index (χ0v) is 10.7. The first kappa shape index (κ1) is 11.2. The van der Waals surface area contributed by atoms with E-state index in [0.717, 1.165) is 25.0 Å². The molecule has 13 heavy (non-hydrogen) atoms. The molecule has 1 nitrogen and oxygen atoms in total. The van der Waals surface area contributed by atoms with Gasteiger partial charge < -0.3 is 0 Å². The number of fused-ring (bicyclic) bond motifs is 1. The summed E-state index contributed by atoms with van der Waals surface area (Å²) in [5.41, 5.74) is 3.00. The zero-order valence-electron chi connectivity index (χ0n) is 7.37. The van der Waals surface area contributed by atoms with Gasteiger partial charge >= 0.3 is 0 Å². The third kappa shape index (κ3) is 2.55. The summed E-state index contributed by atoms with van der Waals surface area (Å²) < 4.78 is 0. The van der Waals surface area contributed by atoms with Crippen LogP contribution < -0.4 is 0 Å². The Labute approximate surface area is 98.0 Å². The molecule has 0 saturated carbocycles. The highest BCUT2D eigenvalue weighted by Crippen LogP contribution is 2.21. The summed E-state index contributed by atoms with van der Waals surface area (Å²) in [6.45, 7) is 3.40. The predicted octanol–water partition coefficient (Wildman–Crippen LogP) is 2.98. The molecular weight excluding hydrogens is 294 g/mol. The topological polar surface area (TPSA) is 3.24 Å². The minimum absolute atomic E-state index is 0. The number of alkyl halides is 1. The maximum absolute atomic E-state index is 3.46. The molecule has 0 fully saturated rings. The molecule has 0 amide bonds. The van der Waals surface area contributed by atoms with E-state index in [1.54, 1.807) is 0 Å². The summed E-state index contributed by atoms with van der Waals surface area (Å²) in [6.07, 6.45) is 0. The van der Waals surface area contributed by atoms with E-state index in [-0.39, 0.29) is 17.0 Å². The molecule has 1 aromatic carbocycles. The van der Waals surface area contributed by atoms with Gasteiger partial charge in [0.2, 0.25) is 0 Å². The lowest BCUT2D eigenvalue weighted by molar-refractivity contribution is 0.304. The molecule has 0 bridgehead atoms. The molecule has 72 valence electrons. The molecule has 2 rings (SSSR count). The average Bonchev–Trinajstić information content (AvgIpc) is 2.47. The summed E-state index contributed by atoms with van der Waals surface area (Å²) in [6, 6.07) is 8.69. The number of hydrogen-bond donors (Lipinski definition) is 0. The zero-order chi connectivity index (χ0) is 8.39. The van der Waals surface area contributed by atoms with Crippen molar-refractivity contribution < 1.29 is 0 Å². The van der Waals surface area contributed by atoms with Crippen LogP contribution in [0.1, 0.15) is 11.1 Å². The first-order valence-electron chi connectivity index (χ1n) is 4.25. The van der Waals surface area contributed by atoms with Crippen LogP contribution in [-0.4, -0.2) is 16.8 Å². The van der Waals surface area contributed by atoms with Gasteiger partial charge in [-0.2, -0.15) is 0 Å². The molecule has 1 aromatic rings.